The molecule has 1 aliphatic heterocycles. The van der Waals surface area contributed by atoms with Crippen LogP contribution in [0.15, 0.2) is 10.5 Å². The van der Waals surface area contributed by atoms with Crippen molar-refractivity contribution in [3.05, 3.63) is 11.1 Å². The van der Waals surface area contributed by atoms with Crippen molar-refractivity contribution in [2.75, 3.05) is 12.8 Å². The van der Waals surface area contributed by atoms with Gasteiger partial charge >= 0.3 is 22.2 Å². The van der Waals surface area contributed by atoms with E-state index in [2.05, 4.69) is 20.2 Å². The lowest BCUT2D eigenvalue weighted by molar-refractivity contribution is -0.179. The van der Waals surface area contributed by atoms with Crippen LogP contribution in [0.1, 0.15) is 46.7 Å². The number of hydrogen-bond acceptors (Lipinski definition) is 13. The number of β-lactam (4-membered cyclic amide) rings is 1. The predicted molar refractivity (Wildman–Crippen MR) is 125 cm³/mol. The summed E-state index contributed by atoms with van der Waals surface area (Å²) < 4.78 is 42.2. The van der Waals surface area contributed by atoms with E-state index in [9.17, 15) is 32.1 Å². The molecule has 0 aliphatic carbocycles. The van der Waals surface area contributed by atoms with E-state index < -0.39 is 69.5 Å². The molecule has 15 nitrogen and oxygen atoms in total. The van der Waals surface area contributed by atoms with Crippen LogP contribution in [0.5, 0.6) is 0 Å². The van der Waals surface area contributed by atoms with Crippen molar-refractivity contribution in [3.8, 4) is 0 Å². The van der Waals surface area contributed by atoms with Crippen molar-refractivity contribution in [2.24, 2.45) is 5.16 Å². The maximum Gasteiger partial charge on any atom is 0.362 e. The lowest BCUT2D eigenvalue weighted by Gasteiger charge is -2.43. The zero-order chi connectivity index (χ0) is 27.6. The van der Waals surface area contributed by atoms with Crippen LogP contribution in [0, 0.1) is 0 Å². The number of oxime groups is 1. The van der Waals surface area contributed by atoms with E-state index in [1.165, 1.54) is 19.2 Å². The highest BCUT2D eigenvalue weighted by molar-refractivity contribution is 7.84. The number of esters is 2. The number of thiazole rings is 1. The van der Waals surface area contributed by atoms with Gasteiger partial charge in [0, 0.05) is 5.38 Å². The van der Waals surface area contributed by atoms with Gasteiger partial charge in [-0.15, -0.1) is 11.3 Å². The zero-order valence-corrected chi connectivity index (χ0v) is 21.9. The summed E-state index contributed by atoms with van der Waals surface area (Å²) in [6.07, 6.45) is -0.648. The number of carbonyl (C=O) groups excluding carboxylic acids is 4. The number of ether oxygens (including phenoxy) is 2. The maximum atomic E-state index is 13.1. The lowest BCUT2D eigenvalue weighted by Crippen LogP contribution is -2.72. The Morgan fingerprint density at radius 3 is 2.36 bits per heavy atom. The molecule has 0 unspecified atom stereocenters. The fourth-order valence-corrected chi connectivity index (χ4v) is 4.25. The Morgan fingerprint density at radius 2 is 1.89 bits per heavy atom. The minimum atomic E-state index is -5.02. The Hall–Kier alpha value is -3.31. The molecule has 0 spiro atoms. The molecule has 4 N–H and O–H groups in total. The zero-order valence-electron chi connectivity index (χ0n) is 20.3. The first-order valence-electron chi connectivity index (χ1n) is 10.3. The van der Waals surface area contributed by atoms with Gasteiger partial charge in [-0.2, -0.15) is 8.42 Å². The van der Waals surface area contributed by atoms with Crippen molar-refractivity contribution >= 4 is 56.2 Å². The number of nitrogens with zero attached hydrogens (tertiary/aromatic N) is 3. The van der Waals surface area contributed by atoms with E-state index in [0.717, 1.165) is 18.4 Å². The molecule has 2 rings (SSSR count). The maximum absolute atomic E-state index is 13.1. The van der Waals surface area contributed by atoms with Crippen molar-refractivity contribution in [1.29, 1.82) is 0 Å². The number of amides is 2. The Kier molecular flexibility index (Phi) is 8.32. The first-order valence-corrected chi connectivity index (χ1v) is 12.5. The summed E-state index contributed by atoms with van der Waals surface area (Å²) in [5, 5.41) is 7.41. The molecule has 1 fully saturated rings. The van der Waals surface area contributed by atoms with E-state index >= 15 is 0 Å². The smallest absolute Gasteiger partial charge is 0.362 e. The first kappa shape index (κ1) is 28.9. The molecule has 0 saturated carbocycles. The Bertz CT molecular complexity index is 1190. The van der Waals surface area contributed by atoms with E-state index in [4.69, 9.17) is 15.3 Å². The Balaban J connectivity index is 2.34. The molecule has 1 aromatic heterocycles. The number of rotatable bonds is 9. The highest BCUT2D eigenvalue weighted by atomic mass is 32.2. The lowest BCUT2D eigenvalue weighted by atomic mass is 9.95. The molecule has 200 valence electrons. The SMILES string of the molecule is COC(=O)C[C@@H]1[C@@H](NC(=O)/C(=N/OC(C)(C)C(=O)OC(C)(C)C)c2csc(N)n2)C(=O)N1S(=O)(=O)O. The predicted octanol–water partition coefficient (Wildman–Crippen LogP) is -0.372. The van der Waals surface area contributed by atoms with Crippen LogP contribution < -0.4 is 11.1 Å². The number of hydrogen-bond donors (Lipinski definition) is 3. The van der Waals surface area contributed by atoms with Gasteiger partial charge in [-0.25, -0.2) is 14.1 Å². The monoisotopic (exact) mass is 549 g/mol. The molecular weight excluding hydrogens is 522 g/mol. The number of carbonyl (C=O) groups is 4. The van der Waals surface area contributed by atoms with Gasteiger partial charge in [0.25, 0.3) is 11.8 Å². The molecule has 0 aromatic carbocycles. The average Bonchev–Trinajstić information content (AvgIpc) is 3.15. The van der Waals surface area contributed by atoms with Crippen LogP contribution in [-0.2, 0) is 43.8 Å². The van der Waals surface area contributed by atoms with Gasteiger partial charge in [0.1, 0.15) is 17.3 Å². The summed E-state index contributed by atoms with van der Waals surface area (Å²) in [7, 11) is -3.98. The second-order valence-corrected chi connectivity index (χ2v) is 11.2. The van der Waals surface area contributed by atoms with Crippen LogP contribution >= 0.6 is 11.3 Å². The first-order chi connectivity index (χ1) is 16.4. The molecule has 17 heteroatoms. The molecule has 2 heterocycles. The van der Waals surface area contributed by atoms with E-state index in [0.29, 0.717) is 0 Å². The summed E-state index contributed by atoms with van der Waals surface area (Å²) >= 11 is 0.962. The molecule has 0 bridgehead atoms. The third-order valence-electron chi connectivity index (χ3n) is 4.54. The molecule has 36 heavy (non-hydrogen) atoms. The molecule has 1 aromatic rings. The van der Waals surface area contributed by atoms with E-state index in [1.807, 2.05) is 0 Å². The van der Waals surface area contributed by atoms with E-state index in [-0.39, 0.29) is 15.1 Å². The number of nitrogens with two attached hydrogens (primary N) is 1. The van der Waals surface area contributed by atoms with Gasteiger partial charge in [-0.05, 0) is 34.6 Å². The highest BCUT2D eigenvalue weighted by Gasteiger charge is 2.55. The molecule has 1 aliphatic rings. The van der Waals surface area contributed by atoms with Crippen molar-refractivity contribution < 1.29 is 46.5 Å². The minimum absolute atomic E-state index is 0.0502. The summed E-state index contributed by atoms with van der Waals surface area (Å²) in [5.74, 6) is -3.95. The van der Waals surface area contributed by atoms with Gasteiger partial charge in [0.15, 0.2) is 10.8 Å². The Labute approximate surface area is 210 Å². The van der Waals surface area contributed by atoms with Gasteiger partial charge in [-0.3, -0.25) is 18.9 Å². The molecule has 1 saturated heterocycles. The second kappa shape index (κ2) is 10.4. The fraction of sp³-hybridized carbons (Fsp3) is 0.579. The largest absolute Gasteiger partial charge is 0.469 e. The Morgan fingerprint density at radius 1 is 1.28 bits per heavy atom. The number of anilines is 1. The third-order valence-corrected chi connectivity index (χ3v) is 6.16. The normalized spacial score (nSPS) is 18.8. The van der Waals surface area contributed by atoms with Gasteiger partial charge in [-0.1, -0.05) is 5.16 Å². The standard InChI is InChI=1S/C19H27N5O10S2/c1-18(2,3)33-16(28)19(4,5)34-23-12(9-8-35-17(20)21-9)14(26)22-13-10(7-11(25)32-6)24(15(13)27)36(29,30)31/h8,10,13H,7H2,1-6H3,(H2,20,21)(H,22,26)(H,29,30,31)/b23-12+/t10-,13-/m1/s1. The summed E-state index contributed by atoms with van der Waals surface area (Å²) in [6.45, 7) is 7.65. The molecule has 2 atom stereocenters. The molecular formula is C19H27N5O10S2. The minimum Gasteiger partial charge on any atom is -0.469 e. The fourth-order valence-electron chi connectivity index (χ4n) is 2.82. The molecule has 2 amide bonds. The van der Waals surface area contributed by atoms with Crippen LogP contribution in [-0.4, -0.2) is 82.1 Å². The van der Waals surface area contributed by atoms with Crippen molar-refractivity contribution in [3.63, 3.8) is 0 Å². The average molecular weight is 550 g/mol. The van der Waals surface area contributed by atoms with Gasteiger partial charge in [0.05, 0.1) is 19.6 Å². The summed E-state index contributed by atoms with van der Waals surface area (Å²) in [5.41, 5.74) is 2.58. The van der Waals surface area contributed by atoms with Gasteiger partial charge < -0.3 is 25.4 Å². The molecule has 0 radical (unpaired) electrons. The van der Waals surface area contributed by atoms with Crippen LogP contribution in [0.4, 0.5) is 5.13 Å². The van der Waals surface area contributed by atoms with Crippen LogP contribution in [0.2, 0.25) is 0 Å². The number of methoxy groups -OCH3 is 1. The number of nitrogen functional groups attached to an aromatic ring is 1. The quantitative estimate of drug-likeness (QED) is 0.118. The number of nitrogens with one attached hydrogen (secondary N) is 1. The van der Waals surface area contributed by atoms with Gasteiger partial charge in [0.2, 0.25) is 5.60 Å². The van der Waals surface area contributed by atoms with E-state index in [1.54, 1.807) is 20.8 Å². The topological polar surface area (TPSA) is 217 Å². The highest BCUT2D eigenvalue weighted by Crippen LogP contribution is 2.27. The summed E-state index contributed by atoms with van der Waals surface area (Å²) in [4.78, 5) is 58.8. The van der Waals surface area contributed by atoms with Crippen molar-refractivity contribution in [2.45, 2.75) is 64.3 Å². The second-order valence-electron chi connectivity index (χ2n) is 9.02. The third kappa shape index (κ3) is 6.88. The van der Waals surface area contributed by atoms with Crippen LogP contribution in [0.25, 0.3) is 0 Å². The number of aromatic nitrogens is 1. The van der Waals surface area contributed by atoms with Crippen LogP contribution in [0.3, 0.4) is 0 Å². The van der Waals surface area contributed by atoms with Crippen molar-refractivity contribution in [1.82, 2.24) is 14.6 Å². The summed E-state index contributed by atoms with van der Waals surface area (Å²) in [6, 6.07) is -3.01.